The average molecular weight is 228 g/mol. The van der Waals surface area contributed by atoms with Gasteiger partial charge in [-0.05, 0) is 32.2 Å². The summed E-state index contributed by atoms with van der Waals surface area (Å²) in [5.41, 5.74) is 0. The molecule has 4 nitrogen and oxygen atoms in total. The van der Waals surface area contributed by atoms with E-state index >= 15 is 0 Å². The summed E-state index contributed by atoms with van der Waals surface area (Å²) in [7, 11) is 0. The van der Waals surface area contributed by atoms with Crippen molar-refractivity contribution in [1.82, 2.24) is 10.2 Å². The van der Waals surface area contributed by atoms with Crippen LogP contribution in [0.1, 0.15) is 25.7 Å². The largest absolute Gasteiger partial charge is 0.395 e. The Labute approximate surface area is 98.0 Å². The summed E-state index contributed by atoms with van der Waals surface area (Å²) in [4.78, 5) is 2.40. The predicted octanol–water partition coefficient (Wildman–Crippen LogP) is 0.212. The molecule has 94 valence electrons. The van der Waals surface area contributed by atoms with Crippen LogP contribution >= 0.6 is 0 Å². The first-order valence-corrected chi connectivity index (χ1v) is 6.56. The second-order valence-corrected chi connectivity index (χ2v) is 4.88. The van der Waals surface area contributed by atoms with Crippen molar-refractivity contribution >= 4 is 0 Å². The van der Waals surface area contributed by atoms with Crippen molar-refractivity contribution in [1.29, 1.82) is 0 Å². The number of nitrogens with zero attached hydrogens (tertiary/aromatic N) is 1. The molecule has 0 spiro atoms. The minimum absolute atomic E-state index is 0.253. The van der Waals surface area contributed by atoms with Crippen molar-refractivity contribution in [2.45, 2.75) is 37.8 Å². The Kier molecular flexibility index (Phi) is 5.03. The Morgan fingerprint density at radius 3 is 2.88 bits per heavy atom. The van der Waals surface area contributed by atoms with E-state index in [1.165, 1.54) is 19.3 Å². The zero-order valence-electron chi connectivity index (χ0n) is 10.0. The zero-order chi connectivity index (χ0) is 11.2. The SMILES string of the molecule is OCCN(CC1CCCN1)C1CCCOC1. The van der Waals surface area contributed by atoms with Crippen molar-refractivity contribution in [3.63, 3.8) is 0 Å². The molecule has 2 saturated heterocycles. The van der Waals surface area contributed by atoms with Crippen molar-refractivity contribution in [3.8, 4) is 0 Å². The fraction of sp³-hybridized carbons (Fsp3) is 1.00. The molecule has 0 aromatic rings. The quantitative estimate of drug-likeness (QED) is 0.706. The molecule has 4 heteroatoms. The molecule has 2 unspecified atom stereocenters. The highest BCUT2D eigenvalue weighted by Crippen LogP contribution is 2.15. The van der Waals surface area contributed by atoms with Gasteiger partial charge < -0.3 is 15.2 Å². The number of aliphatic hydroxyl groups is 1. The lowest BCUT2D eigenvalue weighted by atomic mass is 10.1. The van der Waals surface area contributed by atoms with Gasteiger partial charge in [0, 0.05) is 31.8 Å². The van der Waals surface area contributed by atoms with E-state index in [2.05, 4.69) is 10.2 Å². The molecule has 0 radical (unpaired) electrons. The summed E-state index contributed by atoms with van der Waals surface area (Å²) in [6, 6.07) is 1.14. The van der Waals surface area contributed by atoms with Crippen molar-refractivity contribution in [3.05, 3.63) is 0 Å². The van der Waals surface area contributed by atoms with Gasteiger partial charge in [-0.25, -0.2) is 0 Å². The second-order valence-electron chi connectivity index (χ2n) is 4.88. The highest BCUT2D eigenvalue weighted by Gasteiger charge is 2.25. The number of aliphatic hydroxyl groups excluding tert-OH is 1. The number of rotatable bonds is 5. The zero-order valence-corrected chi connectivity index (χ0v) is 10.0. The van der Waals surface area contributed by atoms with Gasteiger partial charge in [0.05, 0.1) is 13.2 Å². The van der Waals surface area contributed by atoms with Crippen LogP contribution in [-0.2, 0) is 4.74 Å². The predicted molar refractivity (Wildman–Crippen MR) is 63.5 cm³/mol. The third-order valence-electron chi connectivity index (χ3n) is 3.66. The molecule has 16 heavy (non-hydrogen) atoms. The fourth-order valence-electron chi connectivity index (χ4n) is 2.76. The summed E-state index contributed by atoms with van der Waals surface area (Å²) in [5, 5.41) is 12.7. The Morgan fingerprint density at radius 1 is 1.31 bits per heavy atom. The molecule has 2 fully saturated rings. The molecule has 0 aromatic carbocycles. The van der Waals surface area contributed by atoms with Gasteiger partial charge in [0.1, 0.15) is 0 Å². The second kappa shape index (κ2) is 6.55. The minimum Gasteiger partial charge on any atom is -0.395 e. The van der Waals surface area contributed by atoms with Gasteiger partial charge >= 0.3 is 0 Å². The van der Waals surface area contributed by atoms with Crippen LogP contribution in [0.4, 0.5) is 0 Å². The van der Waals surface area contributed by atoms with Gasteiger partial charge in [-0.3, -0.25) is 4.90 Å². The van der Waals surface area contributed by atoms with Gasteiger partial charge in [0.15, 0.2) is 0 Å². The van der Waals surface area contributed by atoms with Crippen LogP contribution in [0, 0.1) is 0 Å². The Morgan fingerprint density at radius 2 is 2.25 bits per heavy atom. The van der Waals surface area contributed by atoms with Gasteiger partial charge in [-0.15, -0.1) is 0 Å². The molecule has 2 aliphatic rings. The maximum absolute atomic E-state index is 9.14. The molecule has 0 aliphatic carbocycles. The first-order valence-electron chi connectivity index (χ1n) is 6.56. The molecular weight excluding hydrogens is 204 g/mol. The number of hydrogen-bond donors (Lipinski definition) is 2. The smallest absolute Gasteiger partial charge is 0.0621 e. The van der Waals surface area contributed by atoms with Crippen LogP contribution in [0.3, 0.4) is 0 Å². The lowest BCUT2D eigenvalue weighted by molar-refractivity contribution is 0.00929. The monoisotopic (exact) mass is 228 g/mol. The van der Waals surface area contributed by atoms with Crippen molar-refractivity contribution in [2.24, 2.45) is 0 Å². The van der Waals surface area contributed by atoms with E-state index in [1.54, 1.807) is 0 Å². The van der Waals surface area contributed by atoms with Crippen LogP contribution in [0.5, 0.6) is 0 Å². The molecule has 0 saturated carbocycles. The van der Waals surface area contributed by atoms with E-state index < -0.39 is 0 Å². The summed E-state index contributed by atoms with van der Waals surface area (Å²) in [6.07, 6.45) is 4.94. The molecule has 0 bridgehead atoms. The van der Waals surface area contributed by atoms with Crippen LogP contribution < -0.4 is 5.32 Å². The molecule has 2 rings (SSSR count). The van der Waals surface area contributed by atoms with Crippen molar-refractivity contribution < 1.29 is 9.84 Å². The average Bonchev–Trinajstić information content (AvgIpc) is 2.83. The van der Waals surface area contributed by atoms with E-state index in [9.17, 15) is 0 Å². The van der Waals surface area contributed by atoms with Crippen LogP contribution in [0.2, 0.25) is 0 Å². The standard InChI is InChI=1S/C12H24N2O2/c15-7-6-14(9-11-3-1-5-13-11)12-4-2-8-16-10-12/h11-13,15H,1-10H2. The summed E-state index contributed by atoms with van der Waals surface area (Å²) >= 11 is 0. The minimum atomic E-state index is 0.253. The van der Waals surface area contributed by atoms with E-state index in [1.807, 2.05) is 0 Å². The van der Waals surface area contributed by atoms with E-state index in [0.717, 1.165) is 39.3 Å². The summed E-state index contributed by atoms with van der Waals surface area (Å²) in [6.45, 7) is 5.00. The van der Waals surface area contributed by atoms with Crippen molar-refractivity contribution in [2.75, 3.05) is 39.5 Å². The fourth-order valence-corrected chi connectivity index (χ4v) is 2.76. The van der Waals surface area contributed by atoms with Gasteiger partial charge in [0.25, 0.3) is 0 Å². The maximum atomic E-state index is 9.14. The highest BCUT2D eigenvalue weighted by atomic mass is 16.5. The lowest BCUT2D eigenvalue weighted by Gasteiger charge is -2.35. The number of nitrogens with one attached hydrogen (secondary N) is 1. The Balaban J connectivity index is 1.82. The van der Waals surface area contributed by atoms with Gasteiger partial charge in [-0.2, -0.15) is 0 Å². The molecule has 2 heterocycles. The van der Waals surface area contributed by atoms with E-state index in [-0.39, 0.29) is 6.61 Å². The number of ether oxygens (including phenoxy) is 1. The lowest BCUT2D eigenvalue weighted by Crippen LogP contribution is -2.47. The Hall–Kier alpha value is -0.160. The van der Waals surface area contributed by atoms with Crippen LogP contribution in [0.15, 0.2) is 0 Å². The first-order chi connectivity index (χ1) is 7.90. The summed E-state index contributed by atoms with van der Waals surface area (Å²) in [5.74, 6) is 0. The molecule has 0 amide bonds. The highest BCUT2D eigenvalue weighted by molar-refractivity contribution is 4.82. The van der Waals surface area contributed by atoms with Crippen LogP contribution in [-0.4, -0.2) is 61.5 Å². The third kappa shape index (κ3) is 3.42. The van der Waals surface area contributed by atoms with E-state index in [0.29, 0.717) is 12.1 Å². The molecule has 2 aliphatic heterocycles. The molecular formula is C12H24N2O2. The third-order valence-corrected chi connectivity index (χ3v) is 3.66. The molecule has 0 aromatic heterocycles. The molecule has 2 atom stereocenters. The Bertz CT molecular complexity index is 189. The van der Waals surface area contributed by atoms with Gasteiger partial charge in [-0.1, -0.05) is 0 Å². The van der Waals surface area contributed by atoms with Crippen LogP contribution in [0.25, 0.3) is 0 Å². The van der Waals surface area contributed by atoms with E-state index in [4.69, 9.17) is 9.84 Å². The first kappa shape index (κ1) is 12.3. The molecule has 2 N–H and O–H groups in total. The number of hydrogen-bond acceptors (Lipinski definition) is 4. The maximum Gasteiger partial charge on any atom is 0.0621 e. The van der Waals surface area contributed by atoms with Gasteiger partial charge in [0.2, 0.25) is 0 Å². The normalized spacial score (nSPS) is 31.1. The summed E-state index contributed by atoms with van der Waals surface area (Å²) < 4.78 is 5.53. The topological polar surface area (TPSA) is 44.7 Å².